The first-order chi connectivity index (χ1) is 15.5. The summed E-state index contributed by atoms with van der Waals surface area (Å²) in [6, 6.07) is 5.23. The van der Waals surface area contributed by atoms with Gasteiger partial charge in [0.2, 0.25) is 0 Å². The number of amides is 1. The molecule has 0 saturated carbocycles. The van der Waals surface area contributed by atoms with Gasteiger partial charge in [-0.2, -0.15) is 18.3 Å². The fourth-order valence-corrected chi connectivity index (χ4v) is 4.00. The van der Waals surface area contributed by atoms with Gasteiger partial charge in [0, 0.05) is 25.2 Å². The number of halogens is 4. The highest BCUT2D eigenvalue weighted by Gasteiger charge is 2.31. The number of fused-ring (bicyclic) bond motifs is 3. The molecule has 0 fully saturated rings. The van der Waals surface area contributed by atoms with E-state index < -0.39 is 12.7 Å². The van der Waals surface area contributed by atoms with Gasteiger partial charge in [-0.15, -0.1) is 0 Å². The summed E-state index contributed by atoms with van der Waals surface area (Å²) in [5, 5.41) is 7.06. The largest absolute Gasteiger partial charge is 0.406 e. The predicted molar refractivity (Wildman–Crippen MR) is 118 cm³/mol. The van der Waals surface area contributed by atoms with Crippen LogP contribution in [0, 0.1) is 0 Å². The van der Waals surface area contributed by atoms with E-state index in [2.05, 4.69) is 20.4 Å². The monoisotopic (exact) mass is 479 g/mol. The maximum Gasteiger partial charge on any atom is 0.406 e. The number of nitrogens with one attached hydrogen (secondary N) is 1. The Morgan fingerprint density at radius 3 is 2.64 bits per heavy atom. The zero-order chi connectivity index (χ0) is 23.9. The minimum absolute atomic E-state index is 0.0489. The molecule has 174 valence electrons. The van der Waals surface area contributed by atoms with Gasteiger partial charge in [0.05, 0.1) is 23.8 Å². The van der Waals surface area contributed by atoms with E-state index in [9.17, 15) is 18.0 Å². The Hall–Kier alpha value is -3.18. The molecule has 8 nitrogen and oxygen atoms in total. The second-order valence-corrected chi connectivity index (χ2v) is 8.36. The van der Waals surface area contributed by atoms with Crippen LogP contribution in [-0.4, -0.2) is 55.4 Å². The normalized spacial score (nSPS) is 12.2. The van der Waals surface area contributed by atoms with Crippen molar-refractivity contribution < 1.29 is 18.0 Å². The average molecular weight is 480 g/mol. The number of carbonyl (C=O) groups is 1. The number of alkyl halides is 3. The lowest BCUT2D eigenvalue weighted by molar-refractivity contribution is -0.139. The average Bonchev–Trinajstić information content (AvgIpc) is 3.27. The maximum atomic E-state index is 13.3. The van der Waals surface area contributed by atoms with E-state index in [1.54, 1.807) is 25.4 Å². The van der Waals surface area contributed by atoms with E-state index in [0.29, 0.717) is 28.5 Å². The predicted octanol–water partition coefficient (Wildman–Crippen LogP) is 3.53. The quantitative estimate of drug-likeness (QED) is 0.428. The molecular formula is C21H21ClF3N7O. The van der Waals surface area contributed by atoms with Crippen LogP contribution in [0.1, 0.15) is 21.7 Å². The third-order valence-electron chi connectivity index (χ3n) is 4.97. The van der Waals surface area contributed by atoms with Crippen molar-refractivity contribution in [2.75, 3.05) is 14.1 Å². The summed E-state index contributed by atoms with van der Waals surface area (Å²) in [6.45, 7) is -0.665. The highest BCUT2D eigenvalue weighted by atomic mass is 35.5. The number of aryl methyl sites for hydroxylation is 1. The summed E-state index contributed by atoms with van der Waals surface area (Å²) in [5.41, 5.74) is 2.05. The molecule has 3 aromatic heterocycles. The second-order valence-electron chi connectivity index (χ2n) is 8.00. The van der Waals surface area contributed by atoms with Gasteiger partial charge in [0.25, 0.3) is 5.91 Å². The molecule has 0 saturated heterocycles. The zero-order valence-electron chi connectivity index (χ0n) is 18.1. The first-order valence-electron chi connectivity index (χ1n) is 9.97. The van der Waals surface area contributed by atoms with Gasteiger partial charge in [0.15, 0.2) is 5.15 Å². The van der Waals surface area contributed by atoms with Crippen molar-refractivity contribution in [2.24, 2.45) is 7.05 Å². The van der Waals surface area contributed by atoms with Crippen molar-refractivity contribution in [3.05, 3.63) is 52.7 Å². The van der Waals surface area contributed by atoms with Gasteiger partial charge in [-0.3, -0.25) is 9.48 Å². The van der Waals surface area contributed by atoms with Crippen molar-refractivity contribution in [2.45, 2.75) is 25.8 Å². The zero-order valence-corrected chi connectivity index (χ0v) is 18.9. The summed E-state index contributed by atoms with van der Waals surface area (Å²) in [6.07, 6.45) is -1.48. The van der Waals surface area contributed by atoms with Crippen LogP contribution in [0.3, 0.4) is 0 Å². The van der Waals surface area contributed by atoms with Crippen LogP contribution < -0.4 is 5.32 Å². The molecule has 12 heteroatoms. The smallest absolute Gasteiger partial charge is 0.345 e. The van der Waals surface area contributed by atoms with Crippen molar-refractivity contribution in [1.82, 2.24) is 34.5 Å². The van der Waals surface area contributed by atoms with Crippen molar-refractivity contribution in [3.63, 3.8) is 0 Å². The molecule has 33 heavy (non-hydrogen) atoms. The minimum Gasteiger partial charge on any atom is -0.345 e. The van der Waals surface area contributed by atoms with E-state index in [1.807, 2.05) is 25.1 Å². The molecule has 4 aromatic rings. The number of carbonyl (C=O) groups excluding carboxylic acids is 1. The molecule has 3 heterocycles. The lowest BCUT2D eigenvalue weighted by atomic mass is 10.1. The maximum absolute atomic E-state index is 13.3. The molecule has 0 bridgehead atoms. The molecule has 1 amide bonds. The molecule has 0 aliphatic rings. The van der Waals surface area contributed by atoms with Gasteiger partial charge >= 0.3 is 6.18 Å². The van der Waals surface area contributed by atoms with E-state index in [-0.39, 0.29) is 28.9 Å². The van der Waals surface area contributed by atoms with Crippen molar-refractivity contribution >= 4 is 39.4 Å². The van der Waals surface area contributed by atoms with Crippen LogP contribution >= 0.6 is 11.6 Å². The Labute approximate surface area is 192 Å². The summed E-state index contributed by atoms with van der Waals surface area (Å²) in [4.78, 5) is 22.9. The fraction of sp³-hybridized carbons (Fsp3) is 0.333. The molecule has 1 N–H and O–H groups in total. The molecule has 0 aliphatic carbocycles. The molecule has 0 unspecified atom stereocenters. The third kappa shape index (κ3) is 4.93. The summed E-state index contributed by atoms with van der Waals surface area (Å²) in [7, 11) is 5.49. The summed E-state index contributed by atoms with van der Waals surface area (Å²) < 4.78 is 42.6. The number of aromatic nitrogens is 5. The molecule has 0 spiro atoms. The number of nitrogens with zero attached hydrogens (tertiary/aromatic N) is 6. The van der Waals surface area contributed by atoms with Gasteiger partial charge in [-0.1, -0.05) is 17.7 Å². The molecule has 0 aliphatic heterocycles. The van der Waals surface area contributed by atoms with E-state index in [4.69, 9.17) is 11.6 Å². The van der Waals surface area contributed by atoms with Crippen LogP contribution in [-0.2, 0) is 26.7 Å². The number of benzene rings is 1. The lowest BCUT2D eigenvalue weighted by Gasteiger charge is -2.12. The highest BCUT2D eigenvalue weighted by molar-refractivity contribution is 6.34. The van der Waals surface area contributed by atoms with Gasteiger partial charge in [0.1, 0.15) is 23.4 Å². The van der Waals surface area contributed by atoms with Crippen molar-refractivity contribution in [3.8, 4) is 0 Å². The van der Waals surface area contributed by atoms with Crippen LogP contribution in [0.25, 0.3) is 21.9 Å². The lowest BCUT2D eigenvalue weighted by Crippen LogP contribution is -2.23. The first kappa shape index (κ1) is 23.0. The van der Waals surface area contributed by atoms with Crippen LogP contribution in [0.2, 0.25) is 5.15 Å². The Bertz CT molecular complexity index is 1340. The third-order valence-corrected chi connectivity index (χ3v) is 5.24. The molecular weight excluding hydrogens is 459 g/mol. The van der Waals surface area contributed by atoms with Gasteiger partial charge in [-0.25, -0.2) is 9.97 Å². The molecule has 1 aromatic carbocycles. The fourth-order valence-electron chi connectivity index (χ4n) is 3.71. The highest BCUT2D eigenvalue weighted by Crippen LogP contribution is 2.34. The van der Waals surface area contributed by atoms with Gasteiger partial charge < -0.3 is 14.8 Å². The van der Waals surface area contributed by atoms with Crippen LogP contribution in [0.4, 0.5) is 13.2 Å². The Morgan fingerprint density at radius 2 is 2.00 bits per heavy atom. The first-order valence-corrected chi connectivity index (χ1v) is 10.3. The minimum atomic E-state index is -4.46. The van der Waals surface area contributed by atoms with E-state index in [1.165, 1.54) is 10.9 Å². The second kappa shape index (κ2) is 8.64. The van der Waals surface area contributed by atoms with E-state index in [0.717, 1.165) is 10.1 Å². The SMILES string of the molecule is CN(C)Cc1ccc2c(c1)c1nc(CNC(=O)c3cnn(C)c3)nc(Cl)c1n2CC(F)(F)F. The summed E-state index contributed by atoms with van der Waals surface area (Å²) in [5.74, 6) is -0.190. The number of rotatable bonds is 6. The standard InChI is InChI=1S/C21H21ClF3N7O/c1-30(2)9-12-4-5-15-14(6-12)17-18(32(15)11-21(23,24)25)19(22)29-16(28-17)8-26-20(33)13-7-27-31(3)10-13/h4-7,10H,8-9,11H2,1-3H3,(H,26,33). The van der Waals surface area contributed by atoms with Crippen LogP contribution in [0.5, 0.6) is 0 Å². The molecule has 0 radical (unpaired) electrons. The molecule has 4 rings (SSSR count). The van der Waals surface area contributed by atoms with E-state index >= 15 is 0 Å². The Morgan fingerprint density at radius 1 is 1.24 bits per heavy atom. The molecule has 0 atom stereocenters. The number of hydrogen-bond donors (Lipinski definition) is 1. The summed E-state index contributed by atoms with van der Waals surface area (Å²) >= 11 is 6.35. The number of hydrogen-bond acceptors (Lipinski definition) is 5. The van der Waals surface area contributed by atoms with Crippen LogP contribution in [0.15, 0.2) is 30.6 Å². The van der Waals surface area contributed by atoms with Crippen molar-refractivity contribution in [1.29, 1.82) is 0 Å². The van der Waals surface area contributed by atoms with Gasteiger partial charge in [-0.05, 0) is 31.8 Å². The Kier molecular flexibility index (Phi) is 6.02. The Balaban J connectivity index is 1.78. The topological polar surface area (TPSA) is 80.9 Å².